The van der Waals surface area contributed by atoms with E-state index in [-0.39, 0.29) is 6.54 Å². The first-order valence-electron chi connectivity index (χ1n) is 8.13. The smallest absolute Gasteiger partial charge is 0.317 e. The van der Waals surface area contributed by atoms with Gasteiger partial charge in [0.2, 0.25) is 0 Å². The Balaban J connectivity index is 1.80. The van der Waals surface area contributed by atoms with Gasteiger partial charge >= 0.3 is 5.97 Å². The van der Waals surface area contributed by atoms with Crippen molar-refractivity contribution in [2.75, 3.05) is 37.6 Å². The average molecular weight is 327 g/mol. The minimum absolute atomic E-state index is 0.0973. The van der Waals surface area contributed by atoms with Crippen LogP contribution in [0.25, 0.3) is 11.3 Å². The van der Waals surface area contributed by atoms with Gasteiger partial charge in [0.25, 0.3) is 0 Å². The molecule has 0 radical (unpaired) electrons. The fourth-order valence-corrected chi connectivity index (χ4v) is 2.80. The molecule has 1 aliphatic heterocycles. The largest absolute Gasteiger partial charge is 0.480 e. The lowest BCUT2D eigenvalue weighted by Gasteiger charge is -2.34. The number of hydrogen-bond acceptors (Lipinski definition) is 6. The lowest BCUT2D eigenvalue weighted by Crippen LogP contribution is -2.48. The monoisotopic (exact) mass is 327 g/mol. The SMILES string of the molecule is CCc1nc(-c2ccncc2)cc(N2CCN(CC(=O)O)CC2)n1. The van der Waals surface area contributed by atoms with Crippen molar-refractivity contribution < 1.29 is 9.90 Å². The molecule has 0 bridgehead atoms. The number of hydrogen-bond donors (Lipinski definition) is 1. The maximum atomic E-state index is 10.8. The van der Waals surface area contributed by atoms with E-state index in [1.165, 1.54) is 0 Å². The molecule has 0 saturated carbocycles. The van der Waals surface area contributed by atoms with Gasteiger partial charge in [-0.05, 0) is 12.1 Å². The van der Waals surface area contributed by atoms with Crippen LogP contribution in [-0.2, 0) is 11.2 Å². The summed E-state index contributed by atoms with van der Waals surface area (Å²) in [6.45, 7) is 5.12. The predicted octanol–water partition coefficient (Wildman–Crippen LogP) is 1.31. The quantitative estimate of drug-likeness (QED) is 0.886. The van der Waals surface area contributed by atoms with E-state index in [2.05, 4.69) is 19.9 Å². The number of piperazine rings is 1. The van der Waals surface area contributed by atoms with E-state index in [0.717, 1.165) is 55.5 Å². The molecule has 3 heterocycles. The van der Waals surface area contributed by atoms with Gasteiger partial charge in [0.05, 0.1) is 12.2 Å². The van der Waals surface area contributed by atoms with Crippen LogP contribution in [0.2, 0.25) is 0 Å². The van der Waals surface area contributed by atoms with Crippen LogP contribution in [0.4, 0.5) is 5.82 Å². The second-order valence-electron chi connectivity index (χ2n) is 5.77. The van der Waals surface area contributed by atoms with E-state index in [1.54, 1.807) is 12.4 Å². The fraction of sp³-hybridized carbons (Fsp3) is 0.412. The van der Waals surface area contributed by atoms with Gasteiger partial charge in [0.1, 0.15) is 11.6 Å². The number of carboxylic acid groups (broad SMARTS) is 1. The standard InChI is InChI=1S/C17H21N5O2/c1-2-15-19-14(13-3-5-18-6-4-13)11-16(20-15)22-9-7-21(8-10-22)12-17(23)24/h3-6,11H,2,7-10,12H2,1H3,(H,23,24). The van der Waals surface area contributed by atoms with Crippen molar-refractivity contribution in [2.24, 2.45) is 0 Å². The Morgan fingerprint density at radius 3 is 2.50 bits per heavy atom. The summed E-state index contributed by atoms with van der Waals surface area (Å²) in [5.74, 6) is 0.939. The van der Waals surface area contributed by atoms with Crippen LogP contribution in [0, 0.1) is 0 Å². The molecule has 3 rings (SSSR count). The summed E-state index contributed by atoms with van der Waals surface area (Å²) in [6, 6.07) is 5.88. The zero-order chi connectivity index (χ0) is 16.9. The third kappa shape index (κ3) is 3.86. The Morgan fingerprint density at radius 2 is 1.88 bits per heavy atom. The highest BCUT2D eigenvalue weighted by molar-refractivity contribution is 5.69. The third-order valence-corrected chi connectivity index (χ3v) is 4.11. The van der Waals surface area contributed by atoms with Crippen molar-refractivity contribution in [3.63, 3.8) is 0 Å². The molecule has 1 N–H and O–H groups in total. The molecule has 0 spiro atoms. The number of aliphatic carboxylic acids is 1. The van der Waals surface area contributed by atoms with E-state index in [4.69, 9.17) is 5.11 Å². The van der Waals surface area contributed by atoms with Gasteiger partial charge in [0, 0.05) is 56.6 Å². The van der Waals surface area contributed by atoms with Crippen LogP contribution in [0.1, 0.15) is 12.7 Å². The van der Waals surface area contributed by atoms with Crippen molar-refractivity contribution in [1.82, 2.24) is 19.9 Å². The molecule has 1 saturated heterocycles. The molecule has 2 aromatic rings. The predicted molar refractivity (Wildman–Crippen MR) is 90.9 cm³/mol. The maximum absolute atomic E-state index is 10.8. The summed E-state index contributed by atoms with van der Waals surface area (Å²) < 4.78 is 0. The van der Waals surface area contributed by atoms with Crippen LogP contribution in [0.5, 0.6) is 0 Å². The molecular formula is C17H21N5O2. The molecular weight excluding hydrogens is 306 g/mol. The minimum Gasteiger partial charge on any atom is -0.480 e. The second kappa shape index (κ2) is 7.35. The minimum atomic E-state index is -0.779. The molecule has 2 aromatic heterocycles. The Bertz CT molecular complexity index is 699. The third-order valence-electron chi connectivity index (χ3n) is 4.11. The normalized spacial score (nSPS) is 15.5. The Kier molecular flexibility index (Phi) is 5.00. The molecule has 126 valence electrons. The van der Waals surface area contributed by atoms with Crippen molar-refractivity contribution in [3.8, 4) is 11.3 Å². The van der Waals surface area contributed by atoms with Gasteiger partial charge in [0.15, 0.2) is 0 Å². The first kappa shape index (κ1) is 16.3. The molecule has 24 heavy (non-hydrogen) atoms. The van der Waals surface area contributed by atoms with E-state index in [1.807, 2.05) is 30.0 Å². The number of nitrogens with zero attached hydrogens (tertiary/aromatic N) is 5. The van der Waals surface area contributed by atoms with E-state index in [9.17, 15) is 4.79 Å². The molecule has 0 unspecified atom stereocenters. The molecule has 7 heteroatoms. The summed E-state index contributed by atoms with van der Waals surface area (Å²) in [5.41, 5.74) is 1.92. The van der Waals surface area contributed by atoms with Crippen LogP contribution >= 0.6 is 0 Å². The lowest BCUT2D eigenvalue weighted by molar-refractivity contribution is -0.138. The molecule has 0 atom stereocenters. The number of carbonyl (C=O) groups is 1. The van der Waals surface area contributed by atoms with Crippen molar-refractivity contribution in [3.05, 3.63) is 36.4 Å². The molecule has 1 fully saturated rings. The summed E-state index contributed by atoms with van der Waals surface area (Å²) >= 11 is 0. The number of aryl methyl sites for hydroxylation is 1. The molecule has 0 aromatic carbocycles. The number of aromatic nitrogens is 3. The molecule has 1 aliphatic rings. The van der Waals surface area contributed by atoms with Crippen molar-refractivity contribution in [2.45, 2.75) is 13.3 Å². The zero-order valence-corrected chi connectivity index (χ0v) is 13.7. The Hall–Kier alpha value is -2.54. The van der Waals surface area contributed by atoms with E-state index < -0.39 is 5.97 Å². The number of anilines is 1. The summed E-state index contributed by atoms with van der Waals surface area (Å²) in [6.07, 6.45) is 4.28. The van der Waals surface area contributed by atoms with Gasteiger partial charge in [-0.2, -0.15) is 0 Å². The number of carboxylic acids is 1. The topological polar surface area (TPSA) is 82.5 Å². The molecule has 0 amide bonds. The van der Waals surface area contributed by atoms with Gasteiger partial charge in [-0.25, -0.2) is 9.97 Å². The zero-order valence-electron chi connectivity index (χ0n) is 13.7. The second-order valence-corrected chi connectivity index (χ2v) is 5.77. The van der Waals surface area contributed by atoms with Gasteiger partial charge < -0.3 is 10.0 Å². The highest BCUT2D eigenvalue weighted by Crippen LogP contribution is 2.22. The Morgan fingerprint density at radius 1 is 1.17 bits per heavy atom. The first-order chi connectivity index (χ1) is 11.7. The van der Waals surface area contributed by atoms with Gasteiger partial charge in [-0.3, -0.25) is 14.7 Å². The highest BCUT2D eigenvalue weighted by atomic mass is 16.4. The number of rotatable bonds is 5. The summed E-state index contributed by atoms with van der Waals surface area (Å²) in [5, 5.41) is 8.90. The van der Waals surface area contributed by atoms with Crippen LogP contribution < -0.4 is 4.90 Å². The van der Waals surface area contributed by atoms with Crippen molar-refractivity contribution in [1.29, 1.82) is 0 Å². The van der Waals surface area contributed by atoms with Crippen LogP contribution in [-0.4, -0.2) is 63.7 Å². The first-order valence-corrected chi connectivity index (χ1v) is 8.13. The van der Waals surface area contributed by atoms with Crippen molar-refractivity contribution >= 4 is 11.8 Å². The van der Waals surface area contributed by atoms with Crippen LogP contribution in [0.3, 0.4) is 0 Å². The lowest BCUT2D eigenvalue weighted by atomic mass is 10.2. The van der Waals surface area contributed by atoms with Gasteiger partial charge in [-0.1, -0.05) is 6.92 Å². The molecule has 0 aliphatic carbocycles. The fourth-order valence-electron chi connectivity index (χ4n) is 2.80. The summed E-state index contributed by atoms with van der Waals surface area (Å²) in [4.78, 5) is 28.3. The van der Waals surface area contributed by atoms with E-state index >= 15 is 0 Å². The summed E-state index contributed by atoms with van der Waals surface area (Å²) in [7, 11) is 0. The average Bonchev–Trinajstić information content (AvgIpc) is 2.62. The number of pyridine rings is 1. The Labute approximate surface area is 141 Å². The van der Waals surface area contributed by atoms with E-state index in [0.29, 0.717) is 0 Å². The maximum Gasteiger partial charge on any atom is 0.317 e. The molecule has 7 nitrogen and oxygen atoms in total. The van der Waals surface area contributed by atoms with Crippen LogP contribution in [0.15, 0.2) is 30.6 Å². The van der Waals surface area contributed by atoms with Gasteiger partial charge in [-0.15, -0.1) is 0 Å². The highest BCUT2D eigenvalue weighted by Gasteiger charge is 2.20.